The van der Waals surface area contributed by atoms with Crippen LogP contribution in [0.1, 0.15) is 17.2 Å². The Labute approximate surface area is 130 Å². The molecule has 0 aliphatic heterocycles. The highest BCUT2D eigenvalue weighted by Gasteiger charge is 2.47. The van der Waals surface area contributed by atoms with E-state index in [1.54, 1.807) is 0 Å². The van der Waals surface area contributed by atoms with E-state index in [2.05, 4.69) is 0 Å². The van der Waals surface area contributed by atoms with E-state index in [1.165, 1.54) is 18.2 Å². The van der Waals surface area contributed by atoms with Gasteiger partial charge in [0.2, 0.25) is 10.0 Å². The molecule has 3 rings (SSSR count). The third kappa shape index (κ3) is 2.73. The molecule has 1 atom stereocenters. The van der Waals surface area contributed by atoms with Crippen LogP contribution < -0.4 is 5.14 Å². The largest absolute Gasteiger partial charge is 0.382 e. The van der Waals surface area contributed by atoms with Crippen molar-refractivity contribution in [1.29, 1.82) is 0 Å². The highest BCUT2D eigenvalue weighted by atomic mass is 32.2. The third-order valence-corrected chi connectivity index (χ3v) is 4.72. The first kappa shape index (κ1) is 16.0. The quantitative estimate of drug-likeness (QED) is 0.878. The van der Waals surface area contributed by atoms with E-state index in [0.29, 0.717) is 0 Å². The zero-order chi connectivity index (χ0) is 17.0. The molecule has 0 radical (unpaired) electrons. The molecule has 0 saturated heterocycles. The Bertz CT molecular complexity index is 897. The van der Waals surface area contributed by atoms with E-state index in [4.69, 9.17) is 5.14 Å². The maximum Gasteiger partial charge on any atom is 0.281 e. The summed E-state index contributed by atoms with van der Waals surface area (Å²) < 4.78 is 64.0. The lowest BCUT2D eigenvalue weighted by atomic mass is 9.96. The van der Waals surface area contributed by atoms with Crippen molar-refractivity contribution in [2.24, 2.45) is 5.14 Å². The summed E-state index contributed by atoms with van der Waals surface area (Å²) in [6.45, 7) is 0. The van der Waals surface area contributed by atoms with Crippen molar-refractivity contribution in [2.45, 2.75) is 23.3 Å². The number of benzene rings is 2. The molecule has 8 heteroatoms. The molecule has 0 saturated carbocycles. The van der Waals surface area contributed by atoms with Crippen molar-refractivity contribution in [3.05, 3.63) is 53.3 Å². The molecule has 0 aromatic heterocycles. The average Bonchev–Trinajstić information content (AvgIpc) is 2.67. The molecule has 0 spiro atoms. The fourth-order valence-corrected chi connectivity index (χ4v) is 3.34. The maximum atomic E-state index is 13.7. The molecule has 0 fully saturated rings. The summed E-state index contributed by atoms with van der Waals surface area (Å²) in [7, 11) is -4.14. The predicted octanol–water partition coefficient (Wildman–Crippen LogP) is 2.36. The van der Waals surface area contributed by atoms with Gasteiger partial charge in [-0.3, -0.25) is 0 Å². The monoisotopic (exact) mass is 343 g/mol. The molecule has 1 aliphatic carbocycles. The van der Waals surface area contributed by atoms with Gasteiger partial charge in [-0.1, -0.05) is 18.2 Å². The summed E-state index contributed by atoms with van der Waals surface area (Å²) in [6, 6.07) is 7.19. The Morgan fingerprint density at radius 1 is 1.22 bits per heavy atom. The van der Waals surface area contributed by atoms with Gasteiger partial charge in [-0.05, 0) is 40.5 Å². The van der Waals surface area contributed by atoms with E-state index >= 15 is 0 Å². The minimum atomic E-state index is -4.14. The summed E-state index contributed by atoms with van der Waals surface area (Å²) in [5, 5.41) is 14.7. The Kier molecular flexibility index (Phi) is 3.51. The Balaban J connectivity index is 2.22. The lowest BCUT2D eigenvalue weighted by Gasteiger charge is -2.12. The molecule has 3 N–H and O–H groups in total. The molecule has 4 nitrogen and oxygen atoms in total. The van der Waals surface area contributed by atoms with Crippen molar-refractivity contribution >= 4 is 10.0 Å². The molecule has 2 aromatic rings. The molecule has 1 unspecified atom stereocenters. The van der Waals surface area contributed by atoms with Crippen LogP contribution >= 0.6 is 0 Å². The predicted molar refractivity (Wildman–Crippen MR) is 76.8 cm³/mol. The van der Waals surface area contributed by atoms with Crippen LogP contribution in [0.25, 0.3) is 11.1 Å². The van der Waals surface area contributed by atoms with E-state index in [0.717, 1.165) is 18.2 Å². The van der Waals surface area contributed by atoms with Gasteiger partial charge in [0, 0.05) is 6.42 Å². The minimum absolute atomic E-state index is 0.0499. The van der Waals surface area contributed by atoms with Gasteiger partial charge in [-0.15, -0.1) is 0 Å². The van der Waals surface area contributed by atoms with Crippen molar-refractivity contribution in [3.63, 3.8) is 0 Å². The Morgan fingerprint density at radius 3 is 2.57 bits per heavy atom. The van der Waals surface area contributed by atoms with E-state index < -0.39 is 39.2 Å². The lowest BCUT2D eigenvalue weighted by molar-refractivity contribution is -0.0967. The number of sulfonamides is 1. The van der Waals surface area contributed by atoms with Gasteiger partial charge in [0.05, 0.1) is 4.90 Å². The van der Waals surface area contributed by atoms with Crippen LogP contribution in [0.4, 0.5) is 13.2 Å². The van der Waals surface area contributed by atoms with Crippen molar-refractivity contribution in [1.82, 2.24) is 0 Å². The topological polar surface area (TPSA) is 80.4 Å². The summed E-state index contributed by atoms with van der Waals surface area (Å²) in [5.74, 6) is -4.18. The Hall–Kier alpha value is -1.90. The first-order chi connectivity index (χ1) is 10.6. The summed E-state index contributed by atoms with van der Waals surface area (Å²) in [5.41, 5.74) is 0.559. The van der Waals surface area contributed by atoms with Crippen LogP contribution in [0.3, 0.4) is 0 Å². The normalized spacial score (nSPS) is 19.6. The molecule has 0 bridgehead atoms. The number of nitrogens with two attached hydrogens (primary N) is 1. The van der Waals surface area contributed by atoms with Crippen LogP contribution in [0.5, 0.6) is 0 Å². The highest BCUT2D eigenvalue weighted by Crippen LogP contribution is 2.46. The third-order valence-electron chi connectivity index (χ3n) is 3.83. The first-order valence-corrected chi connectivity index (χ1v) is 8.16. The summed E-state index contributed by atoms with van der Waals surface area (Å²) >= 11 is 0. The smallest absolute Gasteiger partial charge is 0.281 e. The zero-order valence-corrected chi connectivity index (χ0v) is 12.4. The molecule has 0 heterocycles. The van der Waals surface area contributed by atoms with Gasteiger partial charge in [-0.2, -0.15) is 0 Å². The molecule has 23 heavy (non-hydrogen) atoms. The average molecular weight is 343 g/mol. The lowest BCUT2D eigenvalue weighted by Crippen LogP contribution is -2.21. The first-order valence-electron chi connectivity index (χ1n) is 6.61. The summed E-state index contributed by atoms with van der Waals surface area (Å²) in [6.07, 6.45) is -2.65. The van der Waals surface area contributed by atoms with E-state index in [1.807, 2.05) is 0 Å². The number of halogens is 3. The van der Waals surface area contributed by atoms with Gasteiger partial charge < -0.3 is 5.11 Å². The second-order valence-electron chi connectivity index (χ2n) is 5.43. The molecular formula is C15H12F3NO3S. The van der Waals surface area contributed by atoms with Crippen molar-refractivity contribution < 1.29 is 26.7 Å². The highest BCUT2D eigenvalue weighted by molar-refractivity contribution is 7.89. The molecule has 122 valence electrons. The number of alkyl halides is 2. The second-order valence-corrected chi connectivity index (χ2v) is 7.00. The molecule has 2 aromatic carbocycles. The van der Waals surface area contributed by atoms with Gasteiger partial charge in [0.1, 0.15) is 11.9 Å². The SMILES string of the molecule is NS(=O)(=O)c1cc(F)cc(-c2cccc3c2CC(F)(F)C3O)c1. The van der Waals surface area contributed by atoms with Crippen LogP contribution in [-0.2, 0) is 16.4 Å². The van der Waals surface area contributed by atoms with Crippen LogP contribution in [-0.4, -0.2) is 19.4 Å². The van der Waals surface area contributed by atoms with Crippen LogP contribution in [0.2, 0.25) is 0 Å². The number of aliphatic hydroxyl groups excluding tert-OH is 1. The van der Waals surface area contributed by atoms with Gasteiger partial charge in [-0.25, -0.2) is 26.7 Å². The fourth-order valence-electron chi connectivity index (χ4n) is 2.77. The number of hydrogen-bond acceptors (Lipinski definition) is 3. The zero-order valence-electron chi connectivity index (χ0n) is 11.6. The van der Waals surface area contributed by atoms with Gasteiger partial charge in [0.25, 0.3) is 5.92 Å². The standard InChI is InChI=1S/C15H12F3NO3S/c16-9-4-8(5-10(6-9)23(19,21)22)11-2-1-3-12-13(11)7-15(17,18)14(12)20/h1-6,14,20H,7H2,(H2,19,21,22). The number of primary sulfonamides is 1. The molecule has 1 aliphatic rings. The number of fused-ring (bicyclic) bond motifs is 1. The van der Waals surface area contributed by atoms with Crippen LogP contribution in [0.15, 0.2) is 41.3 Å². The van der Waals surface area contributed by atoms with E-state index in [9.17, 15) is 26.7 Å². The Morgan fingerprint density at radius 2 is 1.91 bits per heavy atom. The van der Waals surface area contributed by atoms with E-state index in [-0.39, 0.29) is 22.3 Å². The van der Waals surface area contributed by atoms with Gasteiger partial charge in [0.15, 0.2) is 0 Å². The fraction of sp³-hybridized carbons (Fsp3) is 0.200. The van der Waals surface area contributed by atoms with Crippen molar-refractivity contribution in [3.8, 4) is 11.1 Å². The molecule has 0 amide bonds. The van der Waals surface area contributed by atoms with Crippen LogP contribution in [0, 0.1) is 5.82 Å². The number of aliphatic hydroxyl groups is 1. The summed E-state index contributed by atoms with van der Waals surface area (Å²) in [4.78, 5) is -0.449. The maximum absolute atomic E-state index is 13.7. The second kappa shape index (κ2) is 5.05. The minimum Gasteiger partial charge on any atom is -0.382 e. The van der Waals surface area contributed by atoms with Gasteiger partial charge >= 0.3 is 0 Å². The molecular weight excluding hydrogens is 331 g/mol. The van der Waals surface area contributed by atoms with Crippen molar-refractivity contribution in [2.75, 3.05) is 0 Å². The number of hydrogen-bond donors (Lipinski definition) is 2. The number of rotatable bonds is 2.